The highest BCUT2D eigenvalue weighted by atomic mass is 16.6. The molecule has 0 unspecified atom stereocenters. The van der Waals surface area contributed by atoms with Crippen LogP contribution in [-0.4, -0.2) is 24.2 Å². The number of rotatable bonds is 6. The highest BCUT2D eigenvalue weighted by Gasteiger charge is 2.08. The quantitative estimate of drug-likeness (QED) is 0.671. The Morgan fingerprint density at radius 3 is 2.93 bits per heavy atom. The molecule has 0 bridgehead atoms. The molecular formula is C10H15NO4. The second-order valence-electron chi connectivity index (χ2n) is 2.81. The third-order valence-corrected chi connectivity index (χ3v) is 1.67. The molecule has 0 aliphatic heterocycles. The second-order valence-corrected chi connectivity index (χ2v) is 2.81. The minimum absolute atomic E-state index is 0.242. The zero-order valence-corrected chi connectivity index (χ0v) is 8.99. The Balaban J connectivity index is 2.34. The molecular weight excluding hydrogens is 198 g/mol. The standard InChI is InChI=1S/C10H15NO4/c1-3-13-9(12)6-5-8-11-7-10(15-8)14-4-2/h7H,3-6H2,1-2H3. The van der Waals surface area contributed by atoms with E-state index in [1.54, 1.807) is 6.92 Å². The molecule has 5 nitrogen and oxygen atoms in total. The molecule has 0 aliphatic rings. The molecule has 0 saturated carbocycles. The summed E-state index contributed by atoms with van der Waals surface area (Å²) in [5.74, 6) is 0.636. The number of aromatic nitrogens is 1. The van der Waals surface area contributed by atoms with Crippen LogP contribution in [0.3, 0.4) is 0 Å². The summed E-state index contributed by atoms with van der Waals surface area (Å²) >= 11 is 0. The number of hydrogen-bond donors (Lipinski definition) is 0. The Morgan fingerprint density at radius 1 is 1.47 bits per heavy atom. The second kappa shape index (κ2) is 6.06. The highest BCUT2D eigenvalue weighted by Crippen LogP contribution is 2.13. The normalized spacial score (nSPS) is 10.0. The van der Waals surface area contributed by atoms with E-state index in [1.165, 1.54) is 6.20 Å². The SMILES string of the molecule is CCOC(=O)CCc1ncc(OCC)o1. The lowest BCUT2D eigenvalue weighted by Gasteiger charge is -1.98. The Bertz CT molecular complexity index is 308. The van der Waals surface area contributed by atoms with Crippen LogP contribution in [0.4, 0.5) is 0 Å². The first-order chi connectivity index (χ1) is 7.26. The van der Waals surface area contributed by atoms with Crippen LogP contribution >= 0.6 is 0 Å². The van der Waals surface area contributed by atoms with Gasteiger partial charge in [-0.3, -0.25) is 4.79 Å². The maximum absolute atomic E-state index is 11.0. The number of carbonyl (C=O) groups excluding carboxylic acids is 1. The van der Waals surface area contributed by atoms with Gasteiger partial charge >= 0.3 is 11.9 Å². The van der Waals surface area contributed by atoms with E-state index in [9.17, 15) is 4.79 Å². The molecule has 1 heterocycles. The number of nitrogens with zero attached hydrogens (tertiary/aromatic N) is 1. The monoisotopic (exact) mass is 213 g/mol. The van der Waals surface area contributed by atoms with Crippen molar-refractivity contribution in [2.24, 2.45) is 0 Å². The van der Waals surface area contributed by atoms with E-state index in [1.807, 2.05) is 6.92 Å². The summed E-state index contributed by atoms with van der Waals surface area (Å²) in [7, 11) is 0. The van der Waals surface area contributed by atoms with Gasteiger partial charge in [-0.2, -0.15) is 0 Å². The van der Waals surface area contributed by atoms with Gasteiger partial charge in [-0.15, -0.1) is 0 Å². The summed E-state index contributed by atoms with van der Waals surface area (Å²) in [4.78, 5) is 15.0. The summed E-state index contributed by atoms with van der Waals surface area (Å²) < 4.78 is 15.1. The molecule has 0 aromatic carbocycles. The van der Waals surface area contributed by atoms with Crippen molar-refractivity contribution in [2.45, 2.75) is 26.7 Å². The third kappa shape index (κ3) is 4.01. The lowest BCUT2D eigenvalue weighted by Crippen LogP contribution is -2.05. The average molecular weight is 213 g/mol. The maximum atomic E-state index is 11.0. The molecule has 0 fully saturated rings. The van der Waals surface area contributed by atoms with Gasteiger partial charge in [0.25, 0.3) is 0 Å². The number of esters is 1. The van der Waals surface area contributed by atoms with Crippen molar-refractivity contribution in [3.63, 3.8) is 0 Å². The molecule has 0 spiro atoms. The topological polar surface area (TPSA) is 61.6 Å². The summed E-state index contributed by atoms with van der Waals surface area (Å²) in [6.45, 7) is 4.57. The molecule has 0 saturated heterocycles. The molecule has 0 atom stereocenters. The summed E-state index contributed by atoms with van der Waals surface area (Å²) in [5, 5.41) is 0. The van der Waals surface area contributed by atoms with Gasteiger partial charge in [0.05, 0.1) is 19.6 Å². The summed E-state index contributed by atoms with van der Waals surface area (Å²) in [6, 6.07) is 0. The third-order valence-electron chi connectivity index (χ3n) is 1.67. The molecule has 0 radical (unpaired) electrons. The lowest BCUT2D eigenvalue weighted by atomic mass is 10.3. The lowest BCUT2D eigenvalue weighted by molar-refractivity contribution is -0.143. The van der Waals surface area contributed by atoms with Gasteiger partial charge in [-0.05, 0) is 13.8 Å². The van der Waals surface area contributed by atoms with Gasteiger partial charge in [0.15, 0.2) is 5.89 Å². The fourth-order valence-electron chi connectivity index (χ4n) is 1.06. The van der Waals surface area contributed by atoms with Crippen molar-refractivity contribution >= 4 is 5.97 Å². The number of hydrogen-bond acceptors (Lipinski definition) is 5. The average Bonchev–Trinajstić information content (AvgIpc) is 2.64. The predicted octanol–water partition coefficient (Wildman–Crippen LogP) is 1.57. The number of aryl methyl sites for hydroxylation is 1. The van der Waals surface area contributed by atoms with E-state index in [0.29, 0.717) is 31.5 Å². The van der Waals surface area contributed by atoms with Crippen LogP contribution in [0.15, 0.2) is 10.6 Å². The van der Waals surface area contributed by atoms with Crippen molar-refractivity contribution in [1.82, 2.24) is 4.98 Å². The van der Waals surface area contributed by atoms with Crippen LogP contribution in [0, 0.1) is 0 Å². The van der Waals surface area contributed by atoms with Crippen molar-refractivity contribution in [2.75, 3.05) is 13.2 Å². The minimum atomic E-state index is -0.242. The molecule has 0 N–H and O–H groups in total. The van der Waals surface area contributed by atoms with E-state index < -0.39 is 0 Å². The zero-order chi connectivity index (χ0) is 11.1. The Labute approximate surface area is 88.4 Å². The van der Waals surface area contributed by atoms with Gasteiger partial charge in [0, 0.05) is 6.42 Å². The first-order valence-electron chi connectivity index (χ1n) is 4.99. The van der Waals surface area contributed by atoms with Gasteiger partial charge in [0.2, 0.25) is 0 Å². The number of carbonyl (C=O) groups is 1. The molecule has 5 heteroatoms. The zero-order valence-electron chi connectivity index (χ0n) is 8.99. The molecule has 1 rings (SSSR count). The van der Waals surface area contributed by atoms with Crippen molar-refractivity contribution in [3.8, 4) is 5.95 Å². The van der Waals surface area contributed by atoms with Gasteiger partial charge in [-0.25, -0.2) is 4.98 Å². The van der Waals surface area contributed by atoms with Crippen LogP contribution in [0.2, 0.25) is 0 Å². The minimum Gasteiger partial charge on any atom is -0.466 e. The number of ether oxygens (including phenoxy) is 2. The molecule has 0 amide bonds. The van der Waals surface area contributed by atoms with Gasteiger partial charge in [0.1, 0.15) is 6.20 Å². The highest BCUT2D eigenvalue weighted by molar-refractivity contribution is 5.69. The van der Waals surface area contributed by atoms with E-state index in [2.05, 4.69) is 4.98 Å². The van der Waals surface area contributed by atoms with Crippen molar-refractivity contribution < 1.29 is 18.7 Å². The van der Waals surface area contributed by atoms with Gasteiger partial charge in [-0.1, -0.05) is 0 Å². The maximum Gasteiger partial charge on any atom is 0.306 e. The van der Waals surface area contributed by atoms with Crippen LogP contribution in [-0.2, 0) is 16.0 Å². The molecule has 84 valence electrons. The van der Waals surface area contributed by atoms with E-state index >= 15 is 0 Å². The van der Waals surface area contributed by atoms with Crippen LogP contribution in [0.5, 0.6) is 5.95 Å². The van der Waals surface area contributed by atoms with E-state index in [4.69, 9.17) is 13.9 Å². The van der Waals surface area contributed by atoms with Crippen LogP contribution in [0.1, 0.15) is 26.2 Å². The Morgan fingerprint density at radius 2 is 2.27 bits per heavy atom. The van der Waals surface area contributed by atoms with E-state index in [0.717, 1.165) is 0 Å². The molecule has 0 aliphatic carbocycles. The number of oxazole rings is 1. The van der Waals surface area contributed by atoms with Crippen molar-refractivity contribution in [1.29, 1.82) is 0 Å². The van der Waals surface area contributed by atoms with E-state index in [-0.39, 0.29) is 12.4 Å². The van der Waals surface area contributed by atoms with Gasteiger partial charge < -0.3 is 13.9 Å². The predicted molar refractivity (Wildman–Crippen MR) is 52.6 cm³/mol. The smallest absolute Gasteiger partial charge is 0.306 e. The Kier molecular flexibility index (Phi) is 4.66. The first-order valence-corrected chi connectivity index (χ1v) is 4.99. The van der Waals surface area contributed by atoms with Crippen molar-refractivity contribution in [3.05, 3.63) is 12.1 Å². The largest absolute Gasteiger partial charge is 0.466 e. The molecule has 1 aromatic rings. The van der Waals surface area contributed by atoms with Crippen LogP contribution < -0.4 is 4.74 Å². The Hall–Kier alpha value is -1.52. The summed E-state index contributed by atoms with van der Waals surface area (Å²) in [6.07, 6.45) is 2.22. The van der Waals surface area contributed by atoms with Crippen LogP contribution in [0.25, 0.3) is 0 Å². The summed E-state index contributed by atoms with van der Waals surface area (Å²) in [5.41, 5.74) is 0. The molecule has 1 aromatic heterocycles. The molecule has 15 heavy (non-hydrogen) atoms. The fraction of sp³-hybridized carbons (Fsp3) is 0.600. The first kappa shape index (κ1) is 11.6. The fourth-order valence-corrected chi connectivity index (χ4v) is 1.06.